The second-order valence-corrected chi connectivity index (χ2v) is 4.63. The predicted molar refractivity (Wildman–Crippen MR) is 75.9 cm³/mol. The largest absolute Gasteiger partial charge is 0.481 e. The summed E-state index contributed by atoms with van der Waals surface area (Å²) < 4.78 is 10.2. The summed E-state index contributed by atoms with van der Waals surface area (Å²) in [6, 6.07) is 5.14. The average molecular weight is 300 g/mol. The van der Waals surface area contributed by atoms with Crippen molar-refractivity contribution >= 4 is 23.5 Å². The summed E-state index contributed by atoms with van der Waals surface area (Å²) in [6.07, 6.45) is -0.718. The number of carbonyl (C=O) groups excluding carboxylic acids is 2. The fourth-order valence-electron chi connectivity index (χ4n) is 1.50. The Bertz CT molecular complexity index is 490. The van der Waals surface area contributed by atoms with Crippen LogP contribution < -0.4 is 10.1 Å². The molecule has 1 aromatic carbocycles. The van der Waals surface area contributed by atoms with Crippen molar-refractivity contribution in [3.8, 4) is 5.75 Å². The Balaban J connectivity index is 2.51. The predicted octanol–water partition coefficient (Wildman–Crippen LogP) is 2.10. The van der Waals surface area contributed by atoms with E-state index in [4.69, 9.17) is 21.1 Å². The zero-order valence-electron chi connectivity index (χ0n) is 11.7. The number of benzene rings is 1. The number of ether oxygens (including phenoxy) is 2. The molecule has 1 atom stereocenters. The number of esters is 1. The summed E-state index contributed by atoms with van der Waals surface area (Å²) in [6.45, 7) is 5.26. The van der Waals surface area contributed by atoms with Crippen molar-refractivity contribution in [3.63, 3.8) is 0 Å². The van der Waals surface area contributed by atoms with Crippen LogP contribution in [0.15, 0.2) is 18.2 Å². The standard InChI is InChI=1S/C14H18ClNO4/c1-4-19-13(17)8-16-14(18)10(3)20-12-6-5-11(15)7-9(12)2/h5-7,10H,4,8H2,1-3H3,(H,16,18)/t10-/m0/s1. The van der Waals surface area contributed by atoms with Crippen LogP contribution in [-0.4, -0.2) is 31.1 Å². The van der Waals surface area contributed by atoms with Gasteiger partial charge in [-0.3, -0.25) is 9.59 Å². The van der Waals surface area contributed by atoms with Crippen LogP contribution in [0.2, 0.25) is 5.02 Å². The second-order valence-electron chi connectivity index (χ2n) is 4.19. The normalized spacial score (nSPS) is 11.6. The van der Waals surface area contributed by atoms with Crippen molar-refractivity contribution in [2.75, 3.05) is 13.2 Å². The van der Waals surface area contributed by atoms with Gasteiger partial charge in [-0.2, -0.15) is 0 Å². The number of nitrogens with one attached hydrogen (secondary N) is 1. The van der Waals surface area contributed by atoms with E-state index in [1.54, 1.807) is 32.0 Å². The Labute approximate surface area is 123 Å². The van der Waals surface area contributed by atoms with E-state index in [2.05, 4.69) is 5.32 Å². The van der Waals surface area contributed by atoms with E-state index >= 15 is 0 Å². The number of aryl methyl sites for hydroxylation is 1. The Morgan fingerprint density at radius 3 is 2.70 bits per heavy atom. The van der Waals surface area contributed by atoms with Crippen molar-refractivity contribution in [2.24, 2.45) is 0 Å². The Morgan fingerprint density at radius 2 is 2.10 bits per heavy atom. The van der Waals surface area contributed by atoms with Gasteiger partial charge in [-0.25, -0.2) is 0 Å². The molecule has 0 aliphatic heterocycles. The zero-order valence-corrected chi connectivity index (χ0v) is 12.5. The molecule has 5 nitrogen and oxygen atoms in total. The van der Waals surface area contributed by atoms with Crippen molar-refractivity contribution in [1.82, 2.24) is 5.32 Å². The van der Waals surface area contributed by atoms with E-state index in [1.165, 1.54) is 0 Å². The molecule has 1 N–H and O–H groups in total. The van der Waals surface area contributed by atoms with E-state index < -0.39 is 12.1 Å². The van der Waals surface area contributed by atoms with Crippen LogP contribution in [0.4, 0.5) is 0 Å². The molecule has 0 fully saturated rings. The molecule has 0 saturated carbocycles. The van der Waals surface area contributed by atoms with E-state index in [0.717, 1.165) is 5.56 Å². The molecule has 1 aromatic rings. The molecule has 1 rings (SSSR count). The Hall–Kier alpha value is -1.75. The van der Waals surface area contributed by atoms with Crippen LogP contribution in [0.5, 0.6) is 5.75 Å². The van der Waals surface area contributed by atoms with Crippen LogP contribution in [-0.2, 0) is 14.3 Å². The van der Waals surface area contributed by atoms with Crippen LogP contribution in [0.3, 0.4) is 0 Å². The lowest BCUT2D eigenvalue weighted by molar-refractivity contribution is -0.144. The van der Waals surface area contributed by atoms with Crippen LogP contribution >= 0.6 is 11.6 Å². The van der Waals surface area contributed by atoms with Crippen molar-refractivity contribution in [1.29, 1.82) is 0 Å². The molecular formula is C14H18ClNO4. The molecule has 1 amide bonds. The molecule has 6 heteroatoms. The quantitative estimate of drug-likeness (QED) is 0.817. The zero-order chi connectivity index (χ0) is 15.1. The lowest BCUT2D eigenvalue weighted by Crippen LogP contribution is -2.39. The smallest absolute Gasteiger partial charge is 0.325 e. The summed E-state index contributed by atoms with van der Waals surface area (Å²) in [7, 11) is 0. The third-order valence-electron chi connectivity index (χ3n) is 2.52. The second kappa shape index (κ2) is 7.75. The maximum atomic E-state index is 11.8. The van der Waals surface area contributed by atoms with Gasteiger partial charge in [-0.05, 0) is 44.5 Å². The number of hydrogen-bond acceptors (Lipinski definition) is 4. The van der Waals surface area contributed by atoms with E-state index in [-0.39, 0.29) is 19.1 Å². The van der Waals surface area contributed by atoms with Gasteiger partial charge in [0.15, 0.2) is 6.10 Å². The van der Waals surface area contributed by atoms with Gasteiger partial charge in [0.05, 0.1) is 6.61 Å². The monoisotopic (exact) mass is 299 g/mol. The molecule has 110 valence electrons. The first-order chi connectivity index (χ1) is 9.43. The molecule has 0 bridgehead atoms. The molecule has 0 unspecified atom stereocenters. The third kappa shape index (κ3) is 5.09. The van der Waals surface area contributed by atoms with Gasteiger partial charge in [0.2, 0.25) is 0 Å². The minimum Gasteiger partial charge on any atom is -0.481 e. The minimum atomic E-state index is -0.718. The van der Waals surface area contributed by atoms with E-state index in [1.807, 2.05) is 6.92 Å². The highest BCUT2D eigenvalue weighted by Crippen LogP contribution is 2.22. The number of rotatable bonds is 6. The van der Waals surface area contributed by atoms with Crippen LogP contribution in [0.1, 0.15) is 19.4 Å². The summed E-state index contributed by atoms with van der Waals surface area (Å²) >= 11 is 5.84. The highest BCUT2D eigenvalue weighted by atomic mass is 35.5. The molecule has 0 saturated heterocycles. The summed E-state index contributed by atoms with van der Waals surface area (Å²) in [4.78, 5) is 22.9. The van der Waals surface area contributed by atoms with Gasteiger partial charge < -0.3 is 14.8 Å². The molecule has 0 radical (unpaired) electrons. The van der Waals surface area contributed by atoms with Gasteiger partial charge >= 0.3 is 5.97 Å². The van der Waals surface area contributed by atoms with Gasteiger partial charge in [0, 0.05) is 5.02 Å². The van der Waals surface area contributed by atoms with Gasteiger partial charge in [-0.1, -0.05) is 11.6 Å². The number of carbonyl (C=O) groups is 2. The molecule has 0 spiro atoms. The average Bonchev–Trinajstić information content (AvgIpc) is 2.39. The summed E-state index contributed by atoms with van der Waals surface area (Å²) in [5.41, 5.74) is 0.836. The van der Waals surface area contributed by atoms with Gasteiger partial charge in [0.25, 0.3) is 5.91 Å². The van der Waals surface area contributed by atoms with Gasteiger partial charge in [-0.15, -0.1) is 0 Å². The number of hydrogen-bond donors (Lipinski definition) is 1. The summed E-state index contributed by atoms with van der Waals surface area (Å²) in [5, 5.41) is 3.06. The lowest BCUT2D eigenvalue weighted by atomic mass is 10.2. The first-order valence-corrected chi connectivity index (χ1v) is 6.68. The topological polar surface area (TPSA) is 64.6 Å². The van der Waals surface area contributed by atoms with Crippen LogP contribution in [0.25, 0.3) is 0 Å². The van der Waals surface area contributed by atoms with Crippen LogP contribution in [0, 0.1) is 6.92 Å². The summed E-state index contributed by atoms with van der Waals surface area (Å²) in [5.74, 6) is -0.281. The fraction of sp³-hybridized carbons (Fsp3) is 0.429. The molecule has 0 aliphatic rings. The van der Waals surface area contributed by atoms with Gasteiger partial charge in [0.1, 0.15) is 12.3 Å². The van der Waals surface area contributed by atoms with Crippen molar-refractivity contribution < 1.29 is 19.1 Å². The SMILES string of the molecule is CCOC(=O)CNC(=O)[C@H](C)Oc1ccc(Cl)cc1C. The van der Waals surface area contributed by atoms with E-state index in [0.29, 0.717) is 10.8 Å². The lowest BCUT2D eigenvalue weighted by Gasteiger charge is -2.16. The van der Waals surface area contributed by atoms with E-state index in [9.17, 15) is 9.59 Å². The Kier molecular flexibility index (Phi) is 6.31. The van der Waals surface area contributed by atoms with Crippen molar-refractivity contribution in [3.05, 3.63) is 28.8 Å². The molecule has 0 aliphatic carbocycles. The highest BCUT2D eigenvalue weighted by Gasteiger charge is 2.16. The molecule has 0 aromatic heterocycles. The molecule has 0 heterocycles. The fourth-order valence-corrected chi connectivity index (χ4v) is 1.73. The maximum absolute atomic E-state index is 11.8. The maximum Gasteiger partial charge on any atom is 0.325 e. The highest BCUT2D eigenvalue weighted by molar-refractivity contribution is 6.30. The van der Waals surface area contributed by atoms with Crippen molar-refractivity contribution in [2.45, 2.75) is 26.9 Å². The minimum absolute atomic E-state index is 0.167. The molecular weight excluding hydrogens is 282 g/mol. The molecule has 20 heavy (non-hydrogen) atoms. The number of halogens is 1. The number of amides is 1. The Morgan fingerprint density at radius 1 is 1.40 bits per heavy atom. The first-order valence-electron chi connectivity index (χ1n) is 6.30. The third-order valence-corrected chi connectivity index (χ3v) is 2.76. The first kappa shape index (κ1) is 16.3.